The number of benzene rings is 1. The van der Waals surface area contributed by atoms with Gasteiger partial charge >= 0.3 is 0 Å². The zero-order valence-corrected chi connectivity index (χ0v) is 12.4. The lowest BCUT2D eigenvalue weighted by molar-refractivity contribution is -0.000626. The molecule has 2 atom stereocenters. The van der Waals surface area contributed by atoms with Crippen molar-refractivity contribution >= 4 is 0 Å². The number of hydrogen-bond acceptors (Lipinski definition) is 3. The van der Waals surface area contributed by atoms with Crippen LogP contribution >= 0.6 is 0 Å². The summed E-state index contributed by atoms with van der Waals surface area (Å²) in [5.74, 6) is 0. The fraction of sp³-hybridized carbons (Fsp3) is 0.647. The van der Waals surface area contributed by atoms with E-state index in [2.05, 4.69) is 47.5 Å². The van der Waals surface area contributed by atoms with Crippen LogP contribution in [0.25, 0.3) is 0 Å². The Labute approximate surface area is 122 Å². The van der Waals surface area contributed by atoms with Crippen molar-refractivity contribution in [3.63, 3.8) is 0 Å². The fourth-order valence-electron chi connectivity index (χ4n) is 3.57. The SMILES string of the molecule is CCC1CNC(c2ccccc2)CN1C1CCOCC1. The predicted octanol–water partition coefficient (Wildman–Crippen LogP) is 2.59. The average Bonchev–Trinajstić information content (AvgIpc) is 2.56. The molecule has 1 aromatic carbocycles. The summed E-state index contributed by atoms with van der Waals surface area (Å²) in [6.45, 7) is 6.41. The number of rotatable bonds is 3. The van der Waals surface area contributed by atoms with Gasteiger partial charge in [0.15, 0.2) is 0 Å². The first-order valence-electron chi connectivity index (χ1n) is 8.00. The summed E-state index contributed by atoms with van der Waals surface area (Å²) in [5, 5.41) is 3.73. The number of ether oxygens (including phenoxy) is 1. The third kappa shape index (κ3) is 3.05. The van der Waals surface area contributed by atoms with Crippen molar-refractivity contribution in [3.8, 4) is 0 Å². The summed E-state index contributed by atoms with van der Waals surface area (Å²) in [4.78, 5) is 2.75. The lowest BCUT2D eigenvalue weighted by atomic mass is 9.96. The highest BCUT2D eigenvalue weighted by molar-refractivity contribution is 5.20. The molecule has 2 aliphatic heterocycles. The Morgan fingerprint density at radius 2 is 1.95 bits per heavy atom. The molecular weight excluding hydrogens is 248 g/mol. The van der Waals surface area contributed by atoms with Crippen molar-refractivity contribution < 1.29 is 4.74 Å². The molecule has 1 N–H and O–H groups in total. The summed E-state index contributed by atoms with van der Waals surface area (Å²) in [6.07, 6.45) is 3.61. The molecule has 2 fully saturated rings. The molecule has 3 rings (SSSR count). The molecule has 110 valence electrons. The van der Waals surface area contributed by atoms with Crippen LogP contribution in [0.15, 0.2) is 30.3 Å². The highest BCUT2D eigenvalue weighted by Gasteiger charge is 2.33. The zero-order valence-electron chi connectivity index (χ0n) is 12.4. The van der Waals surface area contributed by atoms with Crippen LogP contribution < -0.4 is 5.32 Å². The molecule has 2 unspecified atom stereocenters. The Hall–Kier alpha value is -0.900. The summed E-state index contributed by atoms with van der Waals surface area (Å²) >= 11 is 0. The quantitative estimate of drug-likeness (QED) is 0.917. The monoisotopic (exact) mass is 274 g/mol. The maximum atomic E-state index is 5.53. The van der Waals surface area contributed by atoms with Gasteiger partial charge in [0.05, 0.1) is 0 Å². The summed E-state index contributed by atoms with van der Waals surface area (Å²) < 4.78 is 5.53. The smallest absolute Gasteiger partial charge is 0.0480 e. The molecule has 20 heavy (non-hydrogen) atoms. The highest BCUT2D eigenvalue weighted by atomic mass is 16.5. The lowest BCUT2D eigenvalue weighted by Crippen LogP contribution is -2.57. The molecule has 0 spiro atoms. The number of piperazine rings is 1. The maximum Gasteiger partial charge on any atom is 0.0480 e. The van der Waals surface area contributed by atoms with Crippen molar-refractivity contribution in [2.45, 2.75) is 44.3 Å². The van der Waals surface area contributed by atoms with Gasteiger partial charge < -0.3 is 10.1 Å². The van der Waals surface area contributed by atoms with Gasteiger partial charge in [-0.3, -0.25) is 4.90 Å². The third-order valence-electron chi connectivity index (χ3n) is 4.80. The van der Waals surface area contributed by atoms with E-state index in [1.165, 1.54) is 24.8 Å². The van der Waals surface area contributed by atoms with E-state index in [9.17, 15) is 0 Å². The fourth-order valence-corrected chi connectivity index (χ4v) is 3.57. The number of nitrogens with zero attached hydrogens (tertiary/aromatic N) is 1. The van der Waals surface area contributed by atoms with Crippen LogP contribution in [-0.2, 0) is 4.74 Å². The van der Waals surface area contributed by atoms with Gasteiger partial charge in [0.25, 0.3) is 0 Å². The van der Waals surface area contributed by atoms with E-state index < -0.39 is 0 Å². The minimum atomic E-state index is 0.474. The van der Waals surface area contributed by atoms with Gasteiger partial charge in [-0.05, 0) is 24.8 Å². The first kappa shape index (κ1) is 14.1. The van der Waals surface area contributed by atoms with Crippen molar-refractivity contribution in [2.24, 2.45) is 0 Å². The number of hydrogen-bond donors (Lipinski definition) is 1. The molecule has 2 saturated heterocycles. The molecule has 0 radical (unpaired) electrons. The summed E-state index contributed by atoms with van der Waals surface area (Å²) in [7, 11) is 0. The molecular formula is C17H26N2O. The second-order valence-electron chi connectivity index (χ2n) is 5.97. The zero-order chi connectivity index (χ0) is 13.8. The lowest BCUT2D eigenvalue weighted by Gasteiger charge is -2.45. The van der Waals surface area contributed by atoms with Crippen LogP contribution in [0.2, 0.25) is 0 Å². The van der Waals surface area contributed by atoms with E-state index in [1.807, 2.05) is 0 Å². The van der Waals surface area contributed by atoms with E-state index >= 15 is 0 Å². The maximum absolute atomic E-state index is 5.53. The Bertz CT molecular complexity index is 403. The third-order valence-corrected chi connectivity index (χ3v) is 4.80. The Morgan fingerprint density at radius 1 is 1.20 bits per heavy atom. The first-order chi connectivity index (χ1) is 9.88. The van der Waals surface area contributed by atoms with E-state index in [1.54, 1.807) is 0 Å². The Kier molecular flexibility index (Phi) is 4.71. The molecule has 1 aromatic rings. The number of nitrogens with one attached hydrogen (secondary N) is 1. The van der Waals surface area contributed by atoms with Crippen LogP contribution in [0.5, 0.6) is 0 Å². The summed E-state index contributed by atoms with van der Waals surface area (Å²) in [5.41, 5.74) is 1.42. The second-order valence-corrected chi connectivity index (χ2v) is 5.97. The standard InChI is InChI=1S/C17H26N2O/c1-2-15-12-18-17(14-6-4-3-5-7-14)13-19(15)16-8-10-20-11-9-16/h3-7,15-18H,2,8-13H2,1H3. The highest BCUT2D eigenvalue weighted by Crippen LogP contribution is 2.26. The van der Waals surface area contributed by atoms with Gasteiger partial charge in [0, 0.05) is 44.4 Å². The van der Waals surface area contributed by atoms with Crippen LogP contribution in [-0.4, -0.2) is 43.3 Å². The predicted molar refractivity (Wildman–Crippen MR) is 81.8 cm³/mol. The minimum Gasteiger partial charge on any atom is -0.381 e. The molecule has 0 saturated carbocycles. The summed E-state index contributed by atoms with van der Waals surface area (Å²) in [6, 6.07) is 12.7. The van der Waals surface area contributed by atoms with Gasteiger partial charge in [-0.1, -0.05) is 37.3 Å². The van der Waals surface area contributed by atoms with E-state index in [4.69, 9.17) is 4.74 Å². The van der Waals surface area contributed by atoms with E-state index in [0.717, 1.165) is 26.3 Å². The van der Waals surface area contributed by atoms with E-state index in [0.29, 0.717) is 18.1 Å². The van der Waals surface area contributed by atoms with Crippen LogP contribution in [0.4, 0.5) is 0 Å². The largest absolute Gasteiger partial charge is 0.381 e. The molecule has 2 aliphatic rings. The molecule has 0 aliphatic carbocycles. The van der Waals surface area contributed by atoms with Gasteiger partial charge in [0.2, 0.25) is 0 Å². The molecule has 3 nitrogen and oxygen atoms in total. The molecule has 0 amide bonds. The normalized spacial score (nSPS) is 29.4. The first-order valence-corrected chi connectivity index (χ1v) is 8.00. The van der Waals surface area contributed by atoms with Crippen LogP contribution in [0.1, 0.15) is 37.8 Å². The minimum absolute atomic E-state index is 0.474. The average molecular weight is 274 g/mol. The second kappa shape index (κ2) is 6.70. The Balaban J connectivity index is 1.72. The molecule has 3 heteroatoms. The van der Waals surface area contributed by atoms with Crippen molar-refractivity contribution in [2.75, 3.05) is 26.3 Å². The van der Waals surface area contributed by atoms with Gasteiger partial charge in [0.1, 0.15) is 0 Å². The van der Waals surface area contributed by atoms with Gasteiger partial charge in [-0.15, -0.1) is 0 Å². The van der Waals surface area contributed by atoms with Crippen molar-refractivity contribution in [3.05, 3.63) is 35.9 Å². The van der Waals surface area contributed by atoms with Crippen molar-refractivity contribution in [1.82, 2.24) is 10.2 Å². The van der Waals surface area contributed by atoms with Crippen molar-refractivity contribution in [1.29, 1.82) is 0 Å². The van der Waals surface area contributed by atoms with Crippen LogP contribution in [0, 0.1) is 0 Å². The molecule has 0 aromatic heterocycles. The van der Waals surface area contributed by atoms with Crippen LogP contribution in [0.3, 0.4) is 0 Å². The molecule has 0 bridgehead atoms. The van der Waals surface area contributed by atoms with Gasteiger partial charge in [-0.2, -0.15) is 0 Å². The van der Waals surface area contributed by atoms with E-state index in [-0.39, 0.29) is 0 Å². The topological polar surface area (TPSA) is 24.5 Å². The molecule has 2 heterocycles. The Morgan fingerprint density at radius 3 is 2.65 bits per heavy atom. The van der Waals surface area contributed by atoms with Gasteiger partial charge in [-0.25, -0.2) is 0 Å².